The van der Waals surface area contributed by atoms with Crippen LogP contribution in [0.1, 0.15) is 26.7 Å². The Morgan fingerprint density at radius 2 is 2.06 bits per heavy atom. The first kappa shape index (κ1) is 14.9. The Morgan fingerprint density at radius 1 is 1.29 bits per heavy atom. The largest absolute Gasteiger partial charge is 0.319 e. The predicted octanol–water partition coefficient (Wildman–Crippen LogP) is 1.41. The number of nitrogens with zero attached hydrogens (tertiary/aromatic N) is 1. The minimum atomic E-state index is 0.751. The molecule has 0 amide bonds. The summed E-state index contributed by atoms with van der Waals surface area (Å²) in [6, 6.07) is 0. The van der Waals surface area contributed by atoms with Crippen LogP contribution in [0.25, 0.3) is 0 Å². The van der Waals surface area contributed by atoms with Crippen LogP contribution in [0.15, 0.2) is 0 Å². The Morgan fingerprint density at radius 3 is 2.65 bits per heavy atom. The highest BCUT2D eigenvalue weighted by atomic mass is 15.1. The molecule has 1 rings (SSSR count). The van der Waals surface area contributed by atoms with Crippen molar-refractivity contribution in [2.75, 3.05) is 46.8 Å². The van der Waals surface area contributed by atoms with E-state index in [9.17, 15) is 0 Å². The van der Waals surface area contributed by atoms with E-state index in [1.165, 1.54) is 32.5 Å². The van der Waals surface area contributed by atoms with E-state index in [1.807, 2.05) is 7.05 Å². The van der Waals surface area contributed by atoms with Gasteiger partial charge in [0.25, 0.3) is 0 Å². The summed E-state index contributed by atoms with van der Waals surface area (Å²) in [4.78, 5) is 2.46. The summed E-state index contributed by atoms with van der Waals surface area (Å²) >= 11 is 0. The third-order valence-corrected chi connectivity index (χ3v) is 3.97. The molecule has 17 heavy (non-hydrogen) atoms. The highest BCUT2D eigenvalue weighted by Crippen LogP contribution is 2.14. The summed E-state index contributed by atoms with van der Waals surface area (Å²) in [5, 5.41) is 6.97. The van der Waals surface area contributed by atoms with Gasteiger partial charge in [0.05, 0.1) is 0 Å². The van der Waals surface area contributed by atoms with E-state index < -0.39 is 0 Å². The van der Waals surface area contributed by atoms with Gasteiger partial charge in [-0.15, -0.1) is 0 Å². The van der Waals surface area contributed by atoms with Crippen LogP contribution in [-0.4, -0.2) is 51.7 Å². The van der Waals surface area contributed by atoms with Crippen molar-refractivity contribution in [3.05, 3.63) is 0 Å². The van der Waals surface area contributed by atoms with Gasteiger partial charge in [-0.1, -0.05) is 13.8 Å². The molecule has 0 aliphatic carbocycles. The molecule has 3 nitrogen and oxygen atoms in total. The van der Waals surface area contributed by atoms with E-state index in [-0.39, 0.29) is 0 Å². The number of nitrogens with one attached hydrogen (secondary N) is 2. The molecular formula is C14H31N3. The number of likely N-dealkylation sites (tertiary alicyclic amines) is 1. The zero-order valence-electron chi connectivity index (χ0n) is 12.1. The Balaban J connectivity index is 2.16. The van der Waals surface area contributed by atoms with E-state index >= 15 is 0 Å². The zero-order valence-corrected chi connectivity index (χ0v) is 12.1. The quantitative estimate of drug-likeness (QED) is 0.706. The molecule has 3 heteroatoms. The molecule has 102 valence electrons. The molecule has 0 spiro atoms. The van der Waals surface area contributed by atoms with Gasteiger partial charge in [-0.3, -0.25) is 0 Å². The lowest BCUT2D eigenvalue weighted by Crippen LogP contribution is -2.40. The van der Waals surface area contributed by atoms with Crippen molar-refractivity contribution in [1.82, 2.24) is 15.5 Å². The van der Waals surface area contributed by atoms with Crippen molar-refractivity contribution >= 4 is 0 Å². The Kier molecular flexibility index (Phi) is 7.09. The highest BCUT2D eigenvalue weighted by molar-refractivity contribution is 4.74. The summed E-state index contributed by atoms with van der Waals surface area (Å²) in [5.74, 6) is 2.36. The summed E-state index contributed by atoms with van der Waals surface area (Å²) < 4.78 is 0. The second-order valence-corrected chi connectivity index (χ2v) is 5.99. The highest BCUT2D eigenvalue weighted by Gasteiger charge is 2.18. The zero-order chi connectivity index (χ0) is 12.7. The molecule has 1 saturated heterocycles. The van der Waals surface area contributed by atoms with E-state index in [1.54, 1.807) is 0 Å². The number of hydrogen-bond acceptors (Lipinski definition) is 3. The Labute approximate surface area is 107 Å². The third kappa shape index (κ3) is 5.84. The van der Waals surface area contributed by atoms with E-state index in [0.29, 0.717) is 0 Å². The van der Waals surface area contributed by atoms with Crippen LogP contribution >= 0.6 is 0 Å². The second kappa shape index (κ2) is 8.06. The van der Waals surface area contributed by atoms with Crippen LogP contribution in [0.3, 0.4) is 0 Å². The molecule has 2 N–H and O–H groups in total. The molecule has 0 aromatic heterocycles. The normalized spacial score (nSPS) is 24.2. The second-order valence-electron chi connectivity index (χ2n) is 5.99. The molecule has 0 aromatic carbocycles. The molecule has 2 unspecified atom stereocenters. The maximum absolute atomic E-state index is 3.68. The van der Waals surface area contributed by atoms with E-state index in [0.717, 1.165) is 30.8 Å². The molecule has 0 saturated carbocycles. The standard InChI is InChI=1S/C14H31N3/c1-12(2)14(9-15-3)10-16-8-13-6-5-7-17(4)11-13/h12-16H,5-11H2,1-4H3. The van der Waals surface area contributed by atoms with Gasteiger partial charge in [0.15, 0.2) is 0 Å². The fraction of sp³-hybridized carbons (Fsp3) is 1.00. The van der Waals surface area contributed by atoms with Crippen LogP contribution in [0.2, 0.25) is 0 Å². The lowest BCUT2D eigenvalue weighted by atomic mass is 9.94. The third-order valence-electron chi connectivity index (χ3n) is 3.97. The Bertz CT molecular complexity index is 194. The maximum atomic E-state index is 3.68. The molecule has 1 aliphatic rings. The summed E-state index contributed by atoms with van der Waals surface area (Å²) in [7, 11) is 4.29. The van der Waals surface area contributed by atoms with Crippen molar-refractivity contribution in [3.63, 3.8) is 0 Å². The monoisotopic (exact) mass is 241 g/mol. The van der Waals surface area contributed by atoms with Gasteiger partial charge in [-0.25, -0.2) is 0 Å². The van der Waals surface area contributed by atoms with Gasteiger partial charge in [-0.05, 0) is 70.9 Å². The summed E-state index contributed by atoms with van der Waals surface area (Å²) in [6.45, 7) is 10.7. The first-order valence-corrected chi connectivity index (χ1v) is 7.17. The van der Waals surface area contributed by atoms with Gasteiger partial charge in [0.2, 0.25) is 0 Å². The lowest BCUT2D eigenvalue weighted by Gasteiger charge is -2.30. The van der Waals surface area contributed by atoms with Crippen LogP contribution in [0.5, 0.6) is 0 Å². The molecule has 1 heterocycles. The first-order valence-electron chi connectivity index (χ1n) is 7.17. The Hall–Kier alpha value is -0.120. The van der Waals surface area contributed by atoms with Crippen molar-refractivity contribution in [2.24, 2.45) is 17.8 Å². The smallest absolute Gasteiger partial charge is 0.00187 e. The topological polar surface area (TPSA) is 27.3 Å². The van der Waals surface area contributed by atoms with Gasteiger partial charge >= 0.3 is 0 Å². The fourth-order valence-electron chi connectivity index (χ4n) is 2.72. The summed E-state index contributed by atoms with van der Waals surface area (Å²) in [6.07, 6.45) is 2.77. The van der Waals surface area contributed by atoms with Gasteiger partial charge in [-0.2, -0.15) is 0 Å². The lowest BCUT2D eigenvalue weighted by molar-refractivity contribution is 0.203. The molecule has 1 aliphatic heterocycles. The SMILES string of the molecule is CNCC(CNCC1CCCN(C)C1)C(C)C. The van der Waals surface area contributed by atoms with Crippen molar-refractivity contribution < 1.29 is 0 Å². The molecule has 2 atom stereocenters. The number of hydrogen-bond donors (Lipinski definition) is 2. The van der Waals surface area contributed by atoms with Crippen molar-refractivity contribution in [3.8, 4) is 0 Å². The molecular weight excluding hydrogens is 210 g/mol. The van der Waals surface area contributed by atoms with Crippen molar-refractivity contribution in [2.45, 2.75) is 26.7 Å². The number of rotatable bonds is 7. The first-order chi connectivity index (χ1) is 8.13. The molecule has 0 aromatic rings. The summed E-state index contributed by atoms with van der Waals surface area (Å²) in [5.41, 5.74) is 0. The van der Waals surface area contributed by atoms with Gasteiger partial charge < -0.3 is 15.5 Å². The van der Waals surface area contributed by atoms with E-state index in [4.69, 9.17) is 0 Å². The minimum Gasteiger partial charge on any atom is -0.319 e. The predicted molar refractivity (Wildman–Crippen MR) is 75.3 cm³/mol. The van der Waals surface area contributed by atoms with Gasteiger partial charge in [0, 0.05) is 6.54 Å². The molecule has 1 fully saturated rings. The van der Waals surface area contributed by atoms with Crippen LogP contribution < -0.4 is 10.6 Å². The molecule has 0 radical (unpaired) electrons. The molecule has 0 bridgehead atoms. The fourth-order valence-corrected chi connectivity index (χ4v) is 2.72. The average Bonchev–Trinajstić information content (AvgIpc) is 2.28. The maximum Gasteiger partial charge on any atom is 0.00187 e. The van der Waals surface area contributed by atoms with E-state index in [2.05, 4.69) is 36.4 Å². The van der Waals surface area contributed by atoms with Crippen molar-refractivity contribution in [1.29, 1.82) is 0 Å². The average molecular weight is 241 g/mol. The van der Waals surface area contributed by atoms with Crippen LogP contribution in [-0.2, 0) is 0 Å². The minimum absolute atomic E-state index is 0.751. The van der Waals surface area contributed by atoms with Crippen LogP contribution in [0, 0.1) is 17.8 Å². The van der Waals surface area contributed by atoms with Gasteiger partial charge in [0.1, 0.15) is 0 Å². The van der Waals surface area contributed by atoms with Crippen LogP contribution in [0.4, 0.5) is 0 Å². The number of piperidine rings is 1.